The number of halogens is 1. The summed E-state index contributed by atoms with van der Waals surface area (Å²) < 4.78 is 29.8. The Morgan fingerprint density at radius 2 is 1.80 bits per heavy atom. The zero-order valence-electron chi connectivity index (χ0n) is 14.7. The summed E-state index contributed by atoms with van der Waals surface area (Å²) in [4.78, 5) is 12.6. The van der Waals surface area contributed by atoms with Gasteiger partial charge in [-0.05, 0) is 36.6 Å². The van der Waals surface area contributed by atoms with E-state index in [1.807, 2.05) is 27.7 Å². The SMILES string of the molecule is Cc1ccc(Cl)c(C(=O)c2cccc(S(=O)(=O)OCC(C)(C)C)c2)c1. The second-order valence-corrected chi connectivity index (χ2v) is 9.14. The number of ketones is 1. The minimum Gasteiger partial charge on any atom is -0.289 e. The molecule has 0 heterocycles. The third kappa shape index (κ3) is 5.14. The van der Waals surface area contributed by atoms with E-state index in [1.54, 1.807) is 24.3 Å². The van der Waals surface area contributed by atoms with Crippen molar-refractivity contribution < 1.29 is 17.4 Å². The third-order valence-electron chi connectivity index (χ3n) is 3.40. The molecule has 6 heteroatoms. The summed E-state index contributed by atoms with van der Waals surface area (Å²) in [6.07, 6.45) is 0. The first-order valence-electron chi connectivity index (χ1n) is 7.80. The first-order chi connectivity index (χ1) is 11.5. The Hall–Kier alpha value is -1.69. The minimum atomic E-state index is -3.94. The Balaban J connectivity index is 2.35. The van der Waals surface area contributed by atoms with Crippen LogP contribution in [0.15, 0.2) is 47.4 Å². The van der Waals surface area contributed by atoms with E-state index in [9.17, 15) is 13.2 Å². The monoisotopic (exact) mass is 380 g/mol. The molecule has 0 bridgehead atoms. The number of aryl methyl sites for hydroxylation is 1. The average Bonchev–Trinajstić information content (AvgIpc) is 2.54. The Kier molecular flexibility index (Phi) is 5.72. The summed E-state index contributed by atoms with van der Waals surface area (Å²) in [5, 5.41) is 0.327. The molecule has 134 valence electrons. The molecule has 0 saturated heterocycles. The lowest BCUT2D eigenvalue weighted by Gasteiger charge is -2.17. The molecule has 25 heavy (non-hydrogen) atoms. The van der Waals surface area contributed by atoms with Crippen LogP contribution in [0.1, 0.15) is 42.3 Å². The van der Waals surface area contributed by atoms with Crippen LogP contribution in [0.3, 0.4) is 0 Å². The maximum absolute atomic E-state index is 12.7. The van der Waals surface area contributed by atoms with Crippen molar-refractivity contribution >= 4 is 27.5 Å². The molecule has 2 rings (SSSR count). The van der Waals surface area contributed by atoms with Crippen LogP contribution in [0.2, 0.25) is 5.02 Å². The van der Waals surface area contributed by atoms with E-state index < -0.39 is 10.1 Å². The summed E-state index contributed by atoms with van der Waals surface area (Å²) in [5.41, 5.74) is 1.18. The van der Waals surface area contributed by atoms with Gasteiger partial charge in [-0.25, -0.2) is 0 Å². The molecule has 0 aliphatic carbocycles. The van der Waals surface area contributed by atoms with Gasteiger partial charge in [-0.15, -0.1) is 0 Å². The Morgan fingerprint density at radius 1 is 1.12 bits per heavy atom. The number of hydrogen-bond donors (Lipinski definition) is 0. The lowest BCUT2D eigenvalue weighted by Crippen LogP contribution is -2.19. The standard InChI is InChI=1S/C19H21ClO4S/c1-13-8-9-17(20)16(10-13)18(21)14-6-5-7-15(11-14)25(22,23)24-12-19(2,3)4/h5-11H,12H2,1-4H3. The molecule has 0 N–H and O–H groups in total. The predicted octanol–water partition coefficient (Wildman–Crippen LogP) is 4.63. The molecule has 2 aromatic rings. The van der Waals surface area contributed by atoms with Gasteiger partial charge in [0.05, 0.1) is 16.5 Å². The summed E-state index contributed by atoms with van der Waals surface area (Å²) in [5.74, 6) is -0.332. The highest BCUT2D eigenvalue weighted by Crippen LogP contribution is 2.24. The molecule has 0 saturated carbocycles. The van der Waals surface area contributed by atoms with Crippen molar-refractivity contribution in [3.05, 3.63) is 64.2 Å². The third-order valence-corrected chi connectivity index (χ3v) is 4.99. The molecule has 0 aromatic heterocycles. The Morgan fingerprint density at radius 3 is 2.44 bits per heavy atom. The van der Waals surface area contributed by atoms with Gasteiger partial charge in [0.25, 0.3) is 10.1 Å². The van der Waals surface area contributed by atoms with E-state index in [0.717, 1.165) is 5.56 Å². The van der Waals surface area contributed by atoms with E-state index >= 15 is 0 Å². The molecule has 0 aliphatic rings. The molecular formula is C19H21ClO4S. The van der Waals surface area contributed by atoms with E-state index in [4.69, 9.17) is 15.8 Å². The quantitative estimate of drug-likeness (QED) is 0.560. The number of carbonyl (C=O) groups is 1. The van der Waals surface area contributed by atoms with Crippen molar-refractivity contribution in [1.29, 1.82) is 0 Å². The highest BCUT2D eigenvalue weighted by atomic mass is 35.5. The second kappa shape index (κ2) is 7.28. The topological polar surface area (TPSA) is 60.4 Å². The largest absolute Gasteiger partial charge is 0.297 e. The van der Waals surface area contributed by atoms with Crippen molar-refractivity contribution in [2.45, 2.75) is 32.6 Å². The smallest absolute Gasteiger partial charge is 0.289 e. The molecule has 0 unspecified atom stereocenters. The van der Waals surface area contributed by atoms with Crippen molar-refractivity contribution in [2.75, 3.05) is 6.61 Å². The lowest BCUT2D eigenvalue weighted by atomic mass is 9.99. The molecule has 2 aromatic carbocycles. The first-order valence-corrected chi connectivity index (χ1v) is 9.59. The molecule has 0 amide bonds. The van der Waals surface area contributed by atoms with Gasteiger partial charge in [-0.3, -0.25) is 8.98 Å². The van der Waals surface area contributed by atoms with E-state index in [-0.39, 0.29) is 28.3 Å². The van der Waals surface area contributed by atoms with E-state index in [1.165, 1.54) is 18.2 Å². The zero-order valence-corrected chi connectivity index (χ0v) is 16.2. The molecule has 0 atom stereocenters. The molecule has 0 fully saturated rings. The molecule has 0 spiro atoms. The molecule has 0 radical (unpaired) electrons. The Labute approximate surface area is 153 Å². The fourth-order valence-corrected chi connectivity index (χ4v) is 3.45. The van der Waals surface area contributed by atoms with Crippen LogP contribution in [0.5, 0.6) is 0 Å². The highest BCUT2D eigenvalue weighted by Gasteiger charge is 2.22. The summed E-state index contributed by atoms with van der Waals surface area (Å²) in [6.45, 7) is 7.54. The lowest BCUT2D eigenvalue weighted by molar-refractivity contribution is 0.103. The Bertz CT molecular complexity index is 896. The van der Waals surface area contributed by atoms with Gasteiger partial charge in [-0.2, -0.15) is 8.42 Å². The van der Waals surface area contributed by atoms with E-state index in [2.05, 4.69) is 0 Å². The van der Waals surface area contributed by atoms with Crippen molar-refractivity contribution in [3.8, 4) is 0 Å². The van der Waals surface area contributed by atoms with Gasteiger partial charge in [0.1, 0.15) is 0 Å². The van der Waals surface area contributed by atoms with Crippen molar-refractivity contribution in [2.24, 2.45) is 5.41 Å². The van der Waals surface area contributed by atoms with Crippen LogP contribution >= 0.6 is 11.6 Å². The van der Waals surface area contributed by atoms with Crippen molar-refractivity contribution in [3.63, 3.8) is 0 Å². The number of rotatable bonds is 5. The fraction of sp³-hybridized carbons (Fsp3) is 0.316. The van der Waals surface area contributed by atoms with Gasteiger partial charge >= 0.3 is 0 Å². The molecule has 0 aliphatic heterocycles. The van der Waals surface area contributed by atoms with Gasteiger partial charge in [-0.1, -0.05) is 56.1 Å². The van der Waals surface area contributed by atoms with Crippen LogP contribution in [0.25, 0.3) is 0 Å². The molecular weight excluding hydrogens is 360 g/mol. The molecule has 4 nitrogen and oxygen atoms in total. The average molecular weight is 381 g/mol. The number of benzene rings is 2. The van der Waals surface area contributed by atoms with Crippen LogP contribution in [-0.4, -0.2) is 20.8 Å². The number of hydrogen-bond acceptors (Lipinski definition) is 4. The van der Waals surface area contributed by atoms with Crippen LogP contribution in [-0.2, 0) is 14.3 Å². The van der Waals surface area contributed by atoms with Crippen LogP contribution < -0.4 is 0 Å². The maximum Gasteiger partial charge on any atom is 0.297 e. The van der Waals surface area contributed by atoms with Gasteiger partial charge in [0.15, 0.2) is 5.78 Å². The summed E-state index contributed by atoms with van der Waals surface area (Å²) in [6, 6.07) is 10.9. The van der Waals surface area contributed by atoms with Gasteiger partial charge < -0.3 is 0 Å². The maximum atomic E-state index is 12.7. The van der Waals surface area contributed by atoms with Gasteiger partial charge in [0, 0.05) is 11.1 Å². The zero-order chi connectivity index (χ0) is 18.8. The predicted molar refractivity (Wildman–Crippen MR) is 98.7 cm³/mol. The van der Waals surface area contributed by atoms with Crippen LogP contribution in [0, 0.1) is 12.3 Å². The fourth-order valence-electron chi connectivity index (χ4n) is 2.08. The van der Waals surface area contributed by atoms with Gasteiger partial charge in [0.2, 0.25) is 0 Å². The van der Waals surface area contributed by atoms with Crippen LogP contribution in [0.4, 0.5) is 0 Å². The normalized spacial score (nSPS) is 12.2. The minimum absolute atomic E-state index is 0.0497. The van der Waals surface area contributed by atoms with E-state index in [0.29, 0.717) is 10.6 Å². The number of carbonyl (C=O) groups excluding carboxylic acids is 1. The van der Waals surface area contributed by atoms with Crippen molar-refractivity contribution in [1.82, 2.24) is 0 Å². The highest BCUT2D eigenvalue weighted by molar-refractivity contribution is 7.86. The second-order valence-electron chi connectivity index (χ2n) is 7.12. The summed E-state index contributed by atoms with van der Waals surface area (Å²) >= 11 is 6.11. The summed E-state index contributed by atoms with van der Waals surface area (Å²) in [7, 11) is -3.94. The first kappa shape index (κ1) is 19.6.